The minimum absolute atomic E-state index is 0.0437. The molecule has 0 saturated heterocycles. The molecule has 1 saturated carbocycles. The summed E-state index contributed by atoms with van der Waals surface area (Å²) >= 11 is 0. The molecule has 2 N–H and O–H groups in total. The molecule has 1 fully saturated rings. The van der Waals surface area contributed by atoms with Crippen LogP contribution >= 0.6 is 0 Å². The predicted octanol–water partition coefficient (Wildman–Crippen LogP) is 2.22. The Morgan fingerprint density at radius 3 is 2.09 bits per heavy atom. The Hall–Kier alpha value is -2.37. The minimum atomic E-state index is -0.920. The number of nitrogens with one attached hydrogen (secondary N) is 1. The van der Waals surface area contributed by atoms with Crippen LogP contribution in [0.1, 0.15) is 37.0 Å². The normalized spacial score (nSPS) is 19.6. The first-order valence-electron chi connectivity index (χ1n) is 7.90. The average molecular weight is 318 g/mol. The second-order valence-corrected chi connectivity index (χ2v) is 5.67. The molecule has 0 aliphatic heterocycles. The molecule has 2 rings (SSSR count). The van der Waals surface area contributed by atoms with Gasteiger partial charge in [0.15, 0.2) is 0 Å². The minimum Gasteiger partial charge on any atom is -0.481 e. The Bertz CT molecular complexity index is 593. The second kappa shape index (κ2) is 7.26. The van der Waals surface area contributed by atoms with Gasteiger partial charge in [-0.25, -0.2) is 0 Å². The van der Waals surface area contributed by atoms with Gasteiger partial charge in [-0.2, -0.15) is 0 Å². The standard InChI is InChI=1S/C17H22N2O4/c1-3-19(4-2)16(21)11-5-7-12(8-6-11)18-15(20)13-9-10-14(13)17(22)23/h5-8,13-14H,3-4,9-10H2,1-2H3,(H,18,20)(H,22,23). The van der Waals surface area contributed by atoms with Crippen LogP contribution in [-0.4, -0.2) is 40.9 Å². The van der Waals surface area contributed by atoms with Gasteiger partial charge in [-0.3, -0.25) is 14.4 Å². The molecule has 23 heavy (non-hydrogen) atoms. The van der Waals surface area contributed by atoms with Gasteiger partial charge in [-0.15, -0.1) is 0 Å². The van der Waals surface area contributed by atoms with Crippen molar-refractivity contribution in [3.05, 3.63) is 29.8 Å². The monoisotopic (exact) mass is 318 g/mol. The van der Waals surface area contributed by atoms with Crippen LogP contribution in [-0.2, 0) is 9.59 Å². The van der Waals surface area contributed by atoms with Gasteiger partial charge >= 0.3 is 5.97 Å². The highest BCUT2D eigenvalue weighted by Gasteiger charge is 2.41. The molecule has 0 spiro atoms. The summed E-state index contributed by atoms with van der Waals surface area (Å²) in [5.74, 6) is -2.29. The van der Waals surface area contributed by atoms with E-state index in [0.29, 0.717) is 37.2 Å². The highest BCUT2D eigenvalue weighted by Crippen LogP contribution is 2.35. The van der Waals surface area contributed by atoms with E-state index < -0.39 is 17.8 Å². The quantitative estimate of drug-likeness (QED) is 0.842. The number of aliphatic carboxylic acids is 1. The highest BCUT2D eigenvalue weighted by atomic mass is 16.4. The van der Waals surface area contributed by atoms with Crippen molar-refractivity contribution in [3.63, 3.8) is 0 Å². The maximum atomic E-state index is 12.2. The topological polar surface area (TPSA) is 86.7 Å². The molecular formula is C17H22N2O4. The molecule has 0 heterocycles. The molecule has 2 atom stereocenters. The number of carboxylic acids is 1. The number of amides is 2. The molecule has 1 aliphatic carbocycles. The van der Waals surface area contributed by atoms with Crippen LogP contribution < -0.4 is 5.32 Å². The number of benzene rings is 1. The fourth-order valence-corrected chi connectivity index (χ4v) is 2.73. The molecule has 2 unspecified atom stereocenters. The highest BCUT2D eigenvalue weighted by molar-refractivity contribution is 5.97. The Morgan fingerprint density at radius 2 is 1.65 bits per heavy atom. The van der Waals surface area contributed by atoms with E-state index in [2.05, 4.69) is 5.32 Å². The zero-order chi connectivity index (χ0) is 17.0. The van der Waals surface area contributed by atoms with Crippen LogP contribution in [0.2, 0.25) is 0 Å². The molecular weight excluding hydrogens is 296 g/mol. The smallest absolute Gasteiger partial charge is 0.307 e. The lowest BCUT2D eigenvalue weighted by Gasteiger charge is -2.31. The molecule has 0 aromatic heterocycles. The van der Waals surface area contributed by atoms with E-state index in [1.165, 1.54) is 0 Å². The summed E-state index contributed by atoms with van der Waals surface area (Å²) in [5.41, 5.74) is 1.14. The van der Waals surface area contributed by atoms with Crippen LogP contribution in [0.3, 0.4) is 0 Å². The second-order valence-electron chi connectivity index (χ2n) is 5.67. The van der Waals surface area contributed by atoms with Gasteiger partial charge < -0.3 is 15.3 Å². The molecule has 6 nitrogen and oxygen atoms in total. The van der Waals surface area contributed by atoms with Gasteiger partial charge in [0, 0.05) is 24.3 Å². The molecule has 124 valence electrons. The first kappa shape index (κ1) is 17.0. The molecule has 0 bridgehead atoms. The van der Waals surface area contributed by atoms with Crippen molar-refractivity contribution >= 4 is 23.5 Å². The van der Waals surface area contributed by atoms with Crippen molar-refractivity contribution in [2.75, 3.05) is 18.4 Å². The SMILES string of the molecule is CCN(CC)C(=O)c1ccc(NC(=O)C2CCC2C(=O)O)cc1. The first-order chi connectivity index (χ1) is 11.0. The van der Waals surface area contributed by atoms with E-state index in [0.717, 1.165) is 0 Å². The van der Waals surface area contributed by atoms with Crippen LogP contribution in [0.25, 0.3) is 0 Å². The number of rotatable bonds is 6. The summed E-state index contributed by atoms with van der Waals surface area (Å²) in [6.07, 6.45) is 1.14. The van der Waals surface area contributed by atoms with Crippen molar-refractivity contribution in [1.82, 2.24) is 4.90 Å². The third-order valence-corrected chi connectivity index (χ3v) is 4.38. The fourth-order valence-electron chi connectivity index (χ4n) is 2.73. The van der Waals surface area contributed by atoms with Crippen molar-refractivity contribution in [2.45, 2.75) is 26.7 Å². The van der Waals surface area contributed by atoms with E-state index >= 15 is 0 Å². The first-order valence-corrected chi connectivity index (χ1v) is 7.90. The summed E-state index contributed by atoms with van der Waals surface area (Å²) in [7, 11) is 0. The Labute approximate surface area is 135 Å². The number of carbonyl (C=O) groups is 3. The number of carboxylic acid groups (broad SMARTS) is 1. The van der Waals surface area contributed by atoms with Crippen LogP contribution in [0.15, 0.2) is 24.3 Å². The predicted molar refractivity (Wildman–Crippen MR) is 86.2 cm³/mol. The maximum absolute atomic E-state index is 12.2. The van der Waals surface area contributed by atoms with Gasteiger partial charge in [-0.05, 0) is 51.0 Å². The van der Waals surface area contributed by atoms with Crippen LogP contribution in [0.5, 0.6) is 0 Å². The van der Waals surface area contributed by atoms with E-state index in [-0.39, 0.29) is 11.8 Å². The van der Waals surface area contributed by atoms with E-state index in [9.17, 15) is 14.4 Å². The van der Waals surface area contributed by atoms with Crippen molar-refractivity contribution in [3.8, 4) is 0 Å². The summed E-state index contributed by atoms with van der Waals surface area (Å²) < 4.78 is 0. The average Bonchev–Trinajstić information content (AvgIpc) is 2.47. The lowest BCUT2D eigenvalue weighted by Crippen LogP contribution is -2.41. The summed E-state index contributed by atoms with van der Waals surface area (Å²) in [6, 6.07) is 6.68. The third-order valence-electron chi connectivity index (χ3n) is 4.38. The molecule has 0 radical (unpaired) electrons. The Balaban J connectivity index is 1.99. The summed E-state index contributed by atoms with van der Waals surface area (Å²) in [6.45, 7) is 5.14. The number of anilines is 1. The van der Waals surface area contributed by atoms with Crippen molar-refractivity contribution in [1.29, 1.82) is 0 Å². The van der Waals surface area contributed by atoms with Gasteiger partial charge in [0.1, 0.15) is 0 Å². The molecule has 1 aliphatic rings. The molecule has 2 amide bonds. The number of hydrogen-bond acceptors (Lipinski definition) is 3. The van der Waals surface area contributed by atoms with Gasteiger partial charge in [0.05, 0.1) is 11.8 Å². The van der Waals surface area contributed by atoms with Gasteiger partial charge in [0.2, 0.25) is 5.91 Å². The van der Waals surface area contributed by atoms with Crippen LogP contribution in [0.4, 0.5) is 5.69 Å². The lowest BCUT2D eigenvalue weighted by molar-refractivity contribution is -0.151. The molecule has 1 aromatic rings. The Morgan fingerprint density at radius 1 is 1.09 bits per heavy atom. The van der Waals surface area contributed by atoms with Gasteiger partial charge in [-0.1, -0.05) is 0 Å². The third kappa shape index (κ3) is 3.70. The molecule has 1 aromatic carbocycles. The van der Waals surface area contributed by atoms with Gasteiger partial charge in [0.25, 0.3) is 5.91 Å². The van der Waals surface area contributed by atoms with E-state index in [1.807, 2.05) is 13.8 Å². The zero-order valence-electron chi connectivity index (χ0n) is 13.4. The summed E-state index contributed by atoms with van der Waals surface area (Å²) in [5, 5.41) is 11.7. The van der Waals surface area contributed by atoms with Crippen LogP contribution in [0, 0.1) is 11.8 Å². The fraction of sp³-hybridized carbons (Fsp3) is 0.471. The van der Waals surface area contributed by atoms with E-state index in [1.54, 1.807) is 29.2 Å². The lowest BCUT2D eigenvalue weighted by atomic mass is 9.73. The molecule has 6 heteroatoms. The zero-order valence-corrected chi connectivity index (χ0v) is 13.4. The number of nitrogens with zero attached hydrogens (tertiary/aromatic N) is 1. The number of hydrogen-bond donors (Lipinski definition) is 2. The van der Waals surface area contributed by atoms with E-state index in [4.69, 9.17) is 5.11 Å². The van der Waals surface area contributed by atoms with Crippen molar-refractivity contribution < 1.29 is 19.5 Å². The van der Waals surface area contributed by atoms with Crippen molar-refractivity contribution in [2.24, 2.45) is 11.8 Å². The maximum Gasteiger partial charge on any atom is 0.307 e. The largest absolute Gasteiger partial charge is 0.481 e. The Kier molecular flexibility index (Phi) is 5.36. The number of carbonyl (C=O) groups excluding carboxylic acids is 2. The summed E-state index contributed by atoms with van der Waals surface area (Å²) in [4.78, 5) is 37.0.